The molecular formula is C19H29N. The van der Waals surface area contributed by atoms with E-state index in [1.54, 1.807) is 5.56 Å². The lowest BCUT2D eigenvalue weighted by molar-refractivity contribution is 0.374. The monoisotopic (exact) mass is 271 g/mol. The molecule has 2 unspecified atom stereocenters. The summed E-state index contributed by atoms with van der Waals surface area (Å²) in [4.78, 5) is 0. The van der Waals surface area contributed by atoms with Crippen molar-refractivity contribution in [3.05, 3.63) is 34.9 Å². The third-order valence-electron chi connectivity index (χ3n) is 5.36. The number of rotatable bonds is 4. The molecule has 20 heavy (non-hydrogen) atoms. The Labute approximate surface area is 124 Å². The lowest BCUT2D eigenvalue weighted by atomic mass is 9.81. The maximum Gasteiger partial charge on any atom is 0.00683 e. The molecule has 2 aliphatic rings. The first-order valence-electron chi connectivity index (χ1n) is 8.54. The molecule has 0 aliphatic heterocycles. The minimum Gasteiger partial charge on any atom is -0.314 e. The largest absolute Gasteiger partial charge is 0.314 e. The Morgan fingerprint density at radius 1 is 0.950 bits per heavy atom. The van der Waals surface area contributed by atoms with E-state index in [4.69, 9.17) is 0 Å². The molecule has 1 heteroatoms. The van der Waals surface area contributed by atoms with Gasteiger partial charge in [-0.15, -0.1) is 0 Å². The quantitative estimate of drug-likeness (QED) is 0.781. The lowest BCUT2D eigenvalue weighted by Gasteiger charge is -2.26. The summed E-state index contributed by atoms with van der Waals surface area (Å²) >= 11 is 0. The molecule has 0 bridgehead atoms. The fourth-order valence-electron chi connectivity index (χ4n) is 3.67. The smallest absolute Gasteiger partial charge is 0.00683 e. The van der Waals surface area contributed by atoms with Gasteiger partial charge in [-0.2, -0.15) is 0 Å². The number of hydrogen-bond donors (Lipinski definition) is 1. The number of aryl methyl sites for hydroxylation is 2. The van der Waals surface area contributed by atoms with Crippen molar-refractivity contribution < 1.29 is 0 Å². The highest BCUT2D eigenvalue weighted by molar-refractivity contribution is 5.32. The average Bonchev–Trinajstić information content (AvgIpc) is 3.25. The van der Waals surface area contributed by atoms with Crippen molar-refractivity contribution >= 4 is 0 Å². The maximum atomic E-state index is 3.78. The summed E-state index contributed by atoms with van der Waals surface area (Å²) in [6.45, 7) is 5.72. The zero-order chi connectivity index (χ0) is 13.9. The van der Waals surface area contributed by atoms with E-state index >= 15 is 0 Å². The minimum atomic E-state index is 0.781. The van der Waals surface area contributed by atoms with E-state index in [2.05, 4.69) is 37.4 Å². The maximum absolute atomic E-state index is 3.78. The van der Waals surface area contributed by atoms with Gasteiger partial charge in [-0.1, -0.05) is 37.5 Å². The molecule has 0 heterocycles. The first-order chi connectivity index (χ1) is 9.74. The molecule has 0 aromatic heterocycles. The van der Waals surface area contributed by atoms with Crippen molar-refractivity contribution in [2.45, 2.75) is 70.8 Å². The molecule has 1 nitrogen and oxygen atoms in total. The number of hydrogen-bond acceptors (Lipinski definition) is 1. The first kappa shape index (κ1) is 14.1. The van der Waals surface area contributed by atoms with Gasteiger partial charge < -0.3 is 5.32 Å². The van der Waals surface area contributed by atoms with Crippen molar-refractivity contribution in [3.63, 3.8) is 0 Å². The fourth-order valence-corrected chi connectivity index (χ4v) is 3.67. The van der Waals surface area contributed by atoms with Crippen LogP contribution < -0.4 is 5.32 Å². The molecule has 2 fully saturated rings. The summed E-state index contributed by atoms with van der Waals surface area (Å²) in [6.07, 6.45) is 9.88. The van der Waals surface area contributed by atoms with Crippen LogP contribution in [0.15, 0.2) is 18.2 Å². The average molecular weight is 271 g/mol. The van der Waals surface area contributed by atoms with Crippen molar-refractivity contribution in [1.29, 1.82) is 0 Å². The van der Waals surface area contributed by atoms with Gasteiger partial charge in [0.15, 0.2) is 0 Å². The van der Waals surface area contributed by atoms with Crippen molar-refractivity contribution in [1.82, 2.24) is 5.32 Å². The second kappa shape index (κ2) is 6.30. The Kier molecular flexibility index (Phi) is 4.45. The summed E-state index contributed by atoms with van der Waals surface area (Å²) in [6, 6.07) is 8.01. The molecule has 0 spiro atoms. The zero-order valence-electron chi connectivity index (χ0n) is 13.1. The summed E-state index contributed by atoms with van der Waals surface area (Å²) in [5.74, 6) is 1.63. The molecule has 1 N–H and O–H groups in total. The van der Waals surface area contributed by atoms with E-state index in [1.807, 2.05) is 0 Å². The molecular weight excluding hydrogens is 242 g/mol. The molecule has 110 valence electrons. The highest BCUT2D eigenvalue weighted by atomic mass is 14.9. The molecule has 2 aliphatic carbocycles. The fraction of sp³-hybridized carbons (Fsp3) is 0.684. The molecule has 3 rings (SSSR count). The minimum absolute atomic E-state index is 0.781. The number of benzene rings is 1. The van der Waals surface area contributed by atoms with E-state index in [9.17, 15) is 0 Å². The summed E-state index contributed by atoms with van der Waals surface area (Å²) in [5, 5.41) is 3.78. The highest BCUT2D eigenvalue weighted by Crippen LogP contribution is 2.37. The summed E-state index contributed by atoms with van der Waals surface area (Å²) < 4.78 is 0. The molecule has 1 aromatic rings. The van der Waals surface area contributed by atoms with Gasteiger partial charge in [-0.25, -0.2) is 0 Å². The van der Waals surface area contributed by atoms with E-state index in [0.717, 1.165) is 17.9 Å². The summed E-state index contributed by atoms with van der Waals surface area (Å²) in [5.41, 5.74) is 4.48. The Bertz CT molecular complexity index is 447. The van der Waals surface area contributed by atoms with Crippen LogP contribution in [-0.2, 0) is 0 Å². The van der Waals surface area contributed by atoms with Crippen LogP contribution in [0.1, 0.15) is 67.6 Å². The Hall–Kier alpha value is -0.820. The van der Waals surface area contributed by atoms with Gasteiger partial charge in [0, 0.05) is 6.04 Å². The standard InChI is InChI=1S/C19H29N/c1-14-8-9-16(12-15(14)2)19-7-5-3-4-6-17(19)13-20-18-10-11-18/h8-9,12,17-20H,3-7,10-11,13H2,1-2H3. The van der Waals surface area contributed by atoms with Crippen LogP contribution >= 0.6 is 0 Å². The van der Waals surface area contributed by atoms with Crippen LogP contribution in [0.2, 0.25) is 0 Å². The normalized spacial score (nSPS) is 27.3. The van der Waals surface area contributed by atoms with Gasteiger partial charge >= 0.3 is 0 Å². The molecule has 0 radical (unpaired) electrons. The predicted octanol–water partition coefficient (Wildman–Crippen LogP) is 4.72. The predicted molar refractivity (Wildman–Crippen MR) is 86.3 cm³/mol. The van der Waals surface area contributed by atoms with Gasteiger partial charge in [-0.05, 0) is 74.6 Å². The number of nitrogens with one attached hydrogen (secondary N) is 1. The van der Waals surface area contributed by atoms with E-state index < -0.39 is 0 Å². The van der Waals surface area contributed by atoms with Gasteiger partial charge in [0.25, 0.3) is 0 Å². The molecule has 0 saturated heterocycles. The highest BCUT2D eigenvalue weighted by Gasteiger charge is 2.28. The van der Waals surface area contributed by atoms with Gasteiger partial charge in [0.2, 0.25) is 0 Å². The van der Waals surface area contributed by atoms with Gasteiger partial charge in [-0.3, -0.25) is 0 Å². The van der Waals surface area contributed by atoms with Crippen LogP contribution in [0.3, 0.4) is 0 Å². The van der Waals surface area contributed by atoms with Crippen molar-refractivity contribution in [2.75, 3.05) is 6.54 Å². The van der Waals surface area contributed by atoms with Crippen LogP contribution in [0.5, 0.6) is 0 Å². The van der Waals surface area contributed by atoms with Crippen LogP contribution in [0, 0.1) is 19.8 Å². The van der Waals surface area contributed by atoms with Crippen LogP contribution in [-0.4, -0.2) is 12.6 Å². The second-order valence-electron chi connectivity index (χ2n) is 7.03. The third-order valence-corrected chi connectivity index (χ3v) is 5.36. The summed E-state index contributed by atoms with van der Waals surface area (Å²) in [7, 11) is 0. The third kappa shape index (κ3) is 3.44. The van der Waals surface area contributed by atoms with Gasteiger partial charge in [0.1, 0.15) is 0 Å². The zero-order valence-corrected chi connectivity index (χ0v) is 13.1. The van der Waals surface area contributed by atoms with Crippen LogP contribution in [0.25, 0.3) is 0 Å². The molecule has 2 atom stereocenters. The Morgan fingerprint density at radius 3 is 2.50 bits per heavy atom. The van der Waals surface area contributed by atoms with Crippen molar-refractivity contribution in [2.24, 2.45) is 5.92 Å². The van der Waals surface area contributed by atoms with Crippen LogP contribution in [0.4, 0.5) is 0 Å². The molecule has 0 amide bonds. The second-order valence-corrected chi connectivity index (χ2v) is 7.03. The van der Waals surface area contributed by atoms with E-state index in [0.29, 0.717) is 0 Å². The Balaban J connectivity index is 1.75. The topological polar surface area (TPSA) is 12.0 Å². The molecule has 1 aromatic carbocycles. The Morgan fingerprint density at radius 2 is 1.75 bits per heavy atom. The SMILES string of the molecule is Cc1ccc(C2CCCCCC2CNC2CC2)cc1C. The lowest BCUT2D eigenvalue weighted by Crippen LogP contribution is -2.28. The van der Waals surface area contributed by atoms with E-state index in [-0.39, 0.29) is 0 Å². The van der Waals surface area contributed by atoms with Gasteiger partial charge in [0.05, 0.1) is 0 Å². The molecule has 2 saturated carbocycles. The van der Waals surface area contributed by atoms with E-state index in [1.165, 1.54) is 62.6 Å². The first-order valence-corrected chi connectivity index (χ1v) is 8.54. The van der Waals surface area contributed by atoms with Crippen molar-refractivity contribution in [3.8, 4) is 0 Å².